The Hall–Kier alpha value is -2.87. The van der Waals surface area contributed by atoms with Crippen LogP contribution in [-0.4, -0.2) is 56.6 Å². The highest BCUT2D eigenvalue weighted by Gasteiger charge is 2.51. The van der Waals surface area contributed by atoms with Crippen LogP contribution in [0.1, 0.15) is 82.3 Å². The molecule has 7 rings (SSSR count). The molecule has 2 amide bonds. The lowest BCUT2D eigenvalue weighted by Crippen LogP contribution is -2.53. The maximum Gasteiger partial charge on any atom is 0.244 e. The minimum atomic E-state index is -3.75. The van der Waals surface area contributed by atoms with Crippen LogP contribution >= 0.6 is 0 Å². The van der Waals surface area contributed by atoms with Crippen LogP contribution in [0.3, 0.4) is 0 Å². The number of anilines is 1. The van der Waals surface area contributed by atoms with E-state index in [1.54, 1.807) is 11.8 Å². The summed E-state index contributed by atoms with van der Waals surface area (Å²) in [6.07, 6.45) is 13.7. The van der Waals surface area contributed by atoms with Crippen LogP contribution in [0.2, 0.25) is 0 Å². The van der Waals surface area contributed by atoms with Gasteiger partial charge in [0.1, 0.15) is 12.6 Å². The van der Waals surface area contributed by atoms with E-state index in [2.05, 4.69) is 17.4 Å². The Kier molecular flexibility index (Phi) is 8.60. The van der Waals surface area contributed by atoms with Crippen LogP contribution in [-0.2, 0) is 31.4 Å². The average Bonchev–Trinajstić information content (AvgIpc) is 3.48. The van der Waals surface area contributed by atoms with Crippen LogP contribution in [0.15, 0.2) is 54.6 Å². The van der Waals surface area contributed by atoms with Crippen LogP contribution < -0.4 is 9.62 Å². The van der Waals surface area contributed by atoms with E-state index >= 15 is 0 Å². The van der Waals surface area contributed by atoms with E-state index in [4.69, 9.17) is 0 Å². The molecule has 2 aromatic rings. The van der Waals surface area contributed by atoms with Crippen LogP contribution in [0.25, 0.3) is 0 Å². The Morgan fingerprint density at radius 2 is 1.49 bits per heavy atom. The second kappa shape index (κ2) is 12.3. The van der Waals surface area contributed by atoms with Crippen molar-refractivity contribution in [1.82, 2.24) is 10.2 Å². The molecule has 0 unspecified atom stereocenters. The van der Waals surface area contributed by atoms with Crippen molar-refractivity contribution < 1.29 is 18.0 Å². The maximum absolute atomic E-state index is 13.9. The molecule has 4 bridgehead atoms. The highest BCUT2D eigenvalue weighted by atomic mass is 32.2. The van der Waals surface area contributed by atoms with Crippen molar-refractivity contribution in [2.24, 2.45) is 17.8 Å². The van der Waals surface area contributed by atoms with Gasteiger partial charge in [0.2, 0.25) is 21.8 Å². The maximum atomic E-state index is 13.9. The van der Waals surface area contributed by atoms with Crippen LogP contribution in [0.5, 0.6) is 0 Å². The van der Waals surface area contributed by atoms with Gasteiger partial charge in [0.25, 0.3) is 0 Å². The summed E-state index contributed by atoms with van der Waals surface area (Å²) in [7, 11) is -3.75. The Bertz CT molecular complexity index is 1370. The molecule has 0 aromatic heterocycles. The first-order chi connectivity index (χ1) is 20.6. The summed E-state index contributed by atoms with van der Waals surface area (Å²) in [5, 5.41) is 3.12. The van der Waals surface area contributed by atoms with E-state index < -0.39 is 16.1 Å². The average molecular weight is 606 g/mol. The Morgan fingerprint density at radius 3 is 2.05 bits per heavy atom. The molecule has 0 saturated heterocycles. The van der Waals surface area contributed by atoms with Gasteiger partial charge in [-0.1, -0.05) is 55.3 Å². The van der Waals surface area contributed by atoms with Gasteiger partial charge in [-0.25, -0.2) is 8.42 Å². The van der Waals surface area contributed by atoms with Gasteiger partial charge in [-0.2, -0.15) is 0 Å². The zero-order valence-corrected chi connectivity index (χ0v) is 26.5. The lowest BCUT2D eigenvalue weighted by atomic mass is 9.48. The number of nitrogens with one attached hydrogen (secondary N) is 1. The minimum absolute atomic E-state index is 0.140. The molecule has 0 radical (unpaired) electrons. The number of hydrogen-bond acceptors (Lipinski definition) is 4. The Labute approximate surface area is 257 Å². The molecule has 43 heavy (non-hydrogen) atoms. The van der Waals surface area contributed by atoms with Crippen molar-refractivity contribution >= 4 is 27.5 Å². The highest BCUT2D eigenvalue weighted by molar-refractivity contribution is 7.92. The quantitative estimate of drug-likeness (QED) is 0.370. The highest BCUT2D eigenvalue weighted by Crippen LogP contribution is 2.60. The fourth-order valence-corrected chi connectivity index (χ4v) is 9.87. The molecule has 5 aliphatic carbocycles. The van der Waals surface area contributed by atoms with Gasteiger partial charge in [0.05, 0.1) is 11.9 Å². The summed E-state index contributed by atoms with van der Waals surface area (Å²) >= 11 is 0. The molecule has 5 aliphatic rings. The molecule has 5 fully saturated rings. The van der Waals surface area contributed by atoms with Gasteiger partial charge in [0.15, 0.2) is 0 Å². The number of sulfonamides is 1. The van der Waals surface area contributed by atoms with Crippen molar-refractivity contribution in [3.8, 4) is 0 Å². The smallest absolute Gasteiger partial charge is 0.244 e. The van der Waals surface area contributed by atoms with Crippen molar-refractivity contribution in [2.45, 2.75) is 95.1 Å². The van der Waals surface area contributed by atoms with Gasteiger partial charge in [-0.05, 0) is 111 Å². The van der Waals surface area contributed by atoms with Crippen molar-refractivity contribution in [1.29, 1.82) is 0 Å². The van der Waals surface area contributed by atoms with Gasteiger partial charge >= 0.3 is 0 Å². The molecule has 2 aromatic carbocycles. The number of amides is 2. The van der Waals surface area contributed by atoms with Crippen molar-refractivity contribution in [3.63, 3.8) is 0 Å². The number of rotatable bonds is 11. The fourth-order valence-electron chi connectivity index (χ4n) is 9.02. The van der Waals surface area contributed by atoms with Crippen LogP contribution in [0.4, 0.5) is 5.69 Å². The van der Waals surface area contributed by atoms with E-state index in [9.17, 15) is 18.0 Å². The summed E-state index contributed by atoms with van der Waals surface area (Å²) in [6.45, 7) is 1.73. The lowest BCUT2D eigenvalue weighted by Gasteiger charge is -2.57. The van der Waals surface area contributed by atoms with Gasteiger partial charge in [-0.15, -0.1) is 0 Å². The van der Waals surface area contributed by atoms with E-state index in [0.717, 1.165) is 55.3 Å². The third kappa shape index (κ3) is 6.64. The third-order valence-electron chi connectivity index (χ3n) is 10.8. The number of hydrogen-bond donors (Lipinski definition) is 1. The van der Waals surface area contributed by atoms with Crippen LogP contribution in [0, 0.1) is 17.8 Å². The predicted octanol–water partition coefficient (Wildman–Crippen LogP) is 5.44. The zero-order valence-electron chi connectivity index (χ0n) is 25.7. The molecule has 1 atom stereocenters. The molecule has 5 saturated carbocycles. The summed E-state index contributed by atoms with van der Waals surface area (Å²) in [5.41, 5.74) is 3.09. The minimum Gasteiger partial charge on any atom is -0.352 e. The largest absolute Gasteiger partial charge is 0.352 e. The number of nitrogens with zero attached hydrogens (tertiary/aromatic N) is 2. The standard InChI is InChI=1S/C35H47N3O4S/c1-25(34(40)36-31-10-6-7-11-31)37(17-16-26-8-4-3-5-9-26)33(39)24-38(43(2,41)42)32-14-12-30(13-15-32)35-21-27-18-28(22-35)20-29(19-27)23-35/h3-5,8-9,12-15,25,27-29,31H,6-7,10-11,16-24H2,1-2H3,(H,36,40)/t25-,27?,28?,29?,35?/m1/s1. The molecule has 8 heteroatoms. The number of carbonyl (C=O) groups excluding carboxylic acids is 2. The Balaban J connectivity index is 1.20. The van der Waals surface area contributed by atoms with Crippen molar-refractivity contribution in [3.05, 3.63) is 65.7 Å². The van der Waals surface area contributed by atoms with Gasteiger partial charge < -0.3 is 10.2 Å². The molecule has 0 aliphatic heterocycles. The number of benzene rings is 2. The number of carbonyl (C=O) groups is 2. The van der Waals surface area contributed by atoms with E-state index in [1.807, 2.05) is 42.5 Å². The summed E-state index contributed by atoms with van der Waals surface area (Å²) in [5.74, 6) is 1.92. The van der Waals surface area contributed by atoms with Gasteiger partial charge in [-0.3, -0.25) is 13.9 Å². The normalized spacial score (nSPS) is 27.2. The molecule has 0 heterocycles. The first-order valence-electron chi connectivity index (χ1n) is 16.3. The zero-order chi connectivity index (χ0) is 30.2. The van der Waals surface area contributed by atoms with Gasteiger partial charge in [0, 0.05) is 12.6 Å². The second-order valence-corrected chi connectivity index (χ2v) is 15.9. The molecule has 0 spiro atoms. The summed E-state index contributed by atoms with van der Waals surface area (Å²) < 4.78 is 27.4. The van der Waals surface area contributed by atoms with Crippen molar-refractivity contribution in [2.75, 3.05) is 23.7 Å². The summed E-state index contributed by atoms with van der Waals surface area (Å²) in [6, 6.07) is 17.3. The second-order valence-electron chi connectivity index (χ2n) is 14.0. The van der Waals surface area contributed by atoms with E-state index in [0.29, 0.717) is 18.7 Å². The topological polar surface area (TPSA) is 86.8 Å². The monoisotopic (exact) mass is 605 g/mol. The predicted molar refractivity (Wildman–Crippen MR) is 170 cm³/mol. The lowest BCUT2D eigenvalue weighted by molar-refractivity contribution is -0.139. The molecule has 232 valence electrons. The van der Waals surface area contributed by atoms with E-state index in [-0.39, 0.29) is 29.8 Å². The first-order valence-corrected chi connectivity index (χ1v) is 18.2. The molecule has 1 N–H and O–H groups in total. The Morgan fingerprint density at radius 1 is 0.907 bits per heavy atom. The summed E-state index contributed by atoms with van der Waals surface area (Å²) in [4.78, 5) is 28.7. The fraction of sp³-hybridized carbons (Fsp3) is 0.600. The molecular formula is C35H47N3O4S. The third-order valence-corrected chi connectivity index (χ3v) is 12.0. The first kappa shape index (κ1) is 30.2. The molecule has 7 nitrogen and oxygen atoms in total. The molecular weight excluding hydrogens is 558 g/mol. The van der Waals surface area contributed by atoms with E-state index in [1.165, 1.54) is 48.4 Å². The SMILES string of the molecule is C[C@H](C(=O)NC1CCCC1)N(CCc1ccccc1)C(=O)CN(c1ccc(C23CC4CC(CC(C4)C2)C3)cc1)S(C)(=O)=O.